The lowest BCUT2D eigenvalue weighted by molar-refractivity contribution is -0.274. The van der Waals surface area contributed by atoms with E-state index in [2.05, 4.69) is 40.5 Å². The maximum Gasteiger partial charge on any atom is 0.573 e. The molecule has 2 aromatic carbocycles. The summed E-state index contributed by atoms with van der Waals surface area (Å²) in [6, 6.07) is 11.0. The molecule has 4 unspecified atom stereocenters. The van der Waals surface area contributed by atoms with Crippen LogP contribution in [0.25, 0.3) is 22.4 Å². The van der Waals surface area contributed by atoms with E-state index in [0.717, 1.165) is 31.9 Å². The summed E-state index contributed by atoms with van der Waals surface area (Å²) in [5, 5.41) is 8.53. The summed E-state index contributed by atoms with van der Waals surface area (Å²) in [5.41, 5.74) is 1.18. The third-order valence-electron chi connectivity index (χ3n) is 11.9. The summed E-state index contributed by atoms with van der Waals surface area (Å²) in [4.78, 5) is 70.1. The van der Waals surface area contributed by atoms with Crippen LogP contribution in [0.5, 0.6) is 5.75 Å². The van der Waals surface area contributed by atoms with Crippen molar-refractivity contribution < 1.29 is 41.8 Å². The fourth-order valence-electron chi connectivity index (χ4n) is 8.55. The van der Waals surface area contributed by atoms with Crippen LogP contribution in [0.2, 0.25) is 5.02 Å². The number of carbonyl (C=O) groups excluding carboxylic acids is 4. The largest absolute Gasteiger partial charge is 0.573 e. The number of hydrogen-bond donors (Lipinski definition) is 4. The molecule has 7 rings (SSSR count). The summed E-state index contributed by atoms with van der Waals surface area (Å²) in [6.07, 6.45) is 0.403. The molecule has 3 saturated heterocycles. The molecule has 3 fully saturated rings. The maximum atomic E-state index is 13.8. The number of methoxy groups -OCH3 is 1. The Morgan fingerprint density at radius 3 is 2.37 bits per heavy atom. The molecule has 3 aliphatic rings. The number of hydrogen-bond acceptors (Lipinski definition) is 10. The minimum absolute atomic E-state index is 0.0280. The van der Waals surface area contributed by atoms with Crippen LogP contribution < -0.4 is 25.6 Å². The second-order valence-corrected chi connectivity index (χ2v) is 17.1. The van der Waals surface area contributed by atoms with Crippen molar-refractivity contribution in [2.24, 2.45) is 5.92 Å². The van der Waals surface area contributed by atoms with Crippen molar-refractivity contribution in [1.29, 1.82) is 0 Å². The molecular weight excluding hydrogens is 843 g/mol. The van der Waals surface area contributed by atoms with Gasteiger partial charge in [0.25, 0.3) is 5.91 Å². The molecule has 19 heteroatoms. The van der Waals surface area contributed by atoms with E-state index in [9.17, 15) is 32.3 Å². The molecular formula is C44H51ClF3N9O6. The van der Waals surface area contributed by atoms with Gasteiger partial charge in [-0.1, -0.05) is 49.7 Å². The van der Waals surface area contributed by atoms with Crippen molar-refractivity contribution >= 4 is 46.9 Å². The number of pyridine rings is 1. The number of imidazole rings is 1. The molecule has 0 saturated carbocycles. The number of nitrogens with one attached hydrogen (secondary N) is 4. The van der Waals surface area contributed by atoms with Gasteiger partial charge in [-0.3, -0.25) is 14.4 Å². The standard InChI is InChI=1S/C44H51ClF3N9O6/c1-25(2)37(54-42(61)62-5)40(59)57-17-6-8-34(57)38-50-23-33(52-38)28-11-9-27(10-12-28)30-20-31(45)32(21-35(30)63-44(46,47)48)53-39(58)29-13-14-36(49-22-29)56-19-18-55(24-26(56)3)41(60)43(4)15-7-16-51-43/h9-14,20-23,25-26,34,37,51H,6-8,15-19,24H2,1-5H3,(H,50,52)(H,53,58)(H,54,61). The third-order valence-corrected chi connectivity index (χ3v) is 12.3. The topological polar surface area (TPSA) is 174 Å². The van der Waals surface area contributed by atoms with Gasteiger partial charge in [0.1, 0.15) is 23.4 Å². The van der Waals surface area contributed by atoms with Crippen LogP contribution in [-0.4, -0.2) is 112 Å². The van der Waals surface area contributed by atoms with Crippen molar-refractivity contribution in [3.63, 3.8) is 0 Å². The number of likely N-dealkylation sites (tertiary alicyclic amines) is 1. The van der Waals surface area contributed by atoms with E-state index in [0.29, 0.717) is 61.1 Å². The Bertz CT molecular complexity index is 2320. The zero-order valence-corrected chi connectivity index (χ0v) is 36.4. The van der Waals surface area contributed by atoms with Crippen molar-refractivity contribution in [1.82, 2.24) is 35.4 Å². The zero-order chi connectivity index (χ0) is 45.2. The van der Waals surface area contributed by atoms with Crippen LogP contribution in [0.15, 0.2) is 60.9 Å². The van der Waals surface area contributed by atoms with E-state index in [1.54, 1.807) is 47.5 Å². The van der Waals surface area contributed by atoms with Crippen molar-refractivity contribution in [3.8, 4) is 28.1 Å². The molecule has 4 atom stereocenters. The highest BCUT2D eigenvalue weighted by Crippen LogP contribution is 2.41. The molecule has 4 amide bonds. The number of piperazine rings is 1. The molecule has 336 valence electrons. The predicted molar refractivity (Wildman–Crippen MR) is 230 cm³/mol. The number of alkyl halides is 3. The van der Waals surface area contributed by atoms with Gasteiger partial charge in [-0.2, -0.15) is 0 Å². The van der Waals surface area contributed by atoms with E-state index in [1.807, 2.05) is 32.6 Å². The first kappa shape index (κ1) is 45.2. The molecule has 4 N–H and O–H groups in total. The van der Waals surface area contributed by atoms with E-state index < -0.39 is 35.7 Å². The molecule has 63 heavy (non-hydrogen) atoms. The Hall–Kier alpha value is -5.88. The van der Waals surface area contributed by atoms with Gasteiger partial charge in [0.2, 0.25) is 11.8 Å². The average Bonchev–Trinajstić information content (AvgIpc) is 4.05. The number of carbonyl (C=O) groups is 4. The molecule has 0 spiro atoms. The number of nitrogens with zero attached hydrogens (tertiary/aromatic N) is 5. The lowest BCUT2D eigenvalue weighted by Crippen LogP contribution is -2.60. The third kappa shape index (κ3) is 10.0. The summed E-state index contributed by atoms with van der Waals surface area (Å²) >= 11 is 6.60. The number of alkyl carbamates (subject to hydrolysis) is 1. The molecule has 3 aliphatic heterocycles. The predicted octanol–water partition coefficient (Wildman–Crippen LogP) is 7.17. The SMILES string of the molecule is COC(=O)NC(C(=O)N1CCCC1c1ncc(-c2ccc(-c3cc(Cl)c(NC(=O)c4ccc(N5CCN(C(=O)C6(C)CCCN6)CC5C)nc4)cc3OC(F)(F)F)cc2)[nH]1)C(C)C. The van der Waals surface area contributed by atoms with Crippen LogP contribution in [0.4, 0.5) is 29.5 Å². The van der Waals surface area contributed by atoms with Crippen LogP contribution in [0, 0.1) is 5.92 Å². The normalized spacial score (nSPS) is 20.8. The summed E-state index contributed by atoms with van der Waals surface area (Å²) in [7, 11) is 1.24. The number of rotatable bonds is 11. The first-order valence-corrected chi connectivity index (χ1v) is 21.3. The summed E-state index contributed by atoms with van der Waals surface area (Å²) in [6.45, 7) is 10.5. The highest BCUT2D eigenvalue weighted by atomic mass is 35.5. The molecule has 15 nitrogen and oxygen atoms in total. The summed E-state index contributed by atoms with van der Waals surface area (Å²) in [5.74, 6) is -0.388. The number of halogens is 4. The van der Waals surface area contributed by atoms with Crippen molar-refractivity contribution in [2.45, 2.75) is 83.4 Å². The van der Waals surface area contributed by atoms with E-state index >= 15 is 0 Å². The Balaban J connectivity index is 1.03. The van der Waals surface area contributed by atoms with Gasteiger partial charge in [-0.05, 0) is 81.3 Å². The molecule has 0 aliphatic carbocycles. The van der Waals surface area contributed by atoms with Gasteiger partial charge >= 0.3 is 12.5 Å². The van der Waals surface area contributed by atoms with Crippen molar-refractivity contribution in [3.05, 3.63) is 77.3 Å². The minimum Gasteiger partial charge on any atom is -0.453 e. The molecule has 0 bridgehead atoms. The Labute approximate surface area is 368 Å². The fraction of sp³-hybridized carbons (Fsp3) is 0.455. The van der Waals surface area contributed by atoms with Gasteiger partial charge in [0.05, 0.1) is 46.9 Å². The Morgan fingerprint density at radius 2 is 1.73 bits per heavy atom. The highest BCUT2D eigenvalue weighted by molar-refractivity contribution is 6.34. The number of H-pyrrole nitrogens is 1. The van der Waals surface area contributed by atoms with Crippen LogP contribution >= 0.6 is 11.6 Å². The van der Waals surface area contributed by atoms with Gasteiger partial charge in [0, 0.05) is 50.0 Å². The van der Waals surface area contributed by atoms with Crippen LogP contribution in [0.3, 0.4) is 0 Å². The van der Waals surface area contributed by atoms with E-state index in [4.69, 9.17) is 16.3 Å². The number of aromatic nitrogens is 3. The van der Waals surface area contributed by atoms with Crippen LogP contribution in [0.1, 0.15) is 75.6 Å². The number of ether oxygens (including phenoxy) is 2. The Morgan fingerprint density at radius 1 is 0.984 bits per heavy atom. The summed E-state index contributed by atoms with van der Waals surface area (Å²) < 4.78 is 50.5. The smallest absolute Gasteiger partial charge is 0.453 e. The average molecular weight is 894 g/mol. The van der Waals surface area contributed by atoms with Crippen LogP contribution in [-0.2, 0) is 14.3 Å². The number of aromatic amines is 1. The lowest BCUT2D eigenvalue weighted by atomic mass is 9.97. The van der Waals surface area contributed by atoms with E-state index in [-0.39, 0.29) is 51.7 Å². The molecule has 0 radical (unpaired) electrons. The molecule has 2 aromatic heterocycles. The number of amides is 4. The van der Waals surface area contributed by atoms with Gasteiger partial charge in [-0.25, -0.2) is 14.8 Å². The van der Waals surface area contributed by atoms with Gasteiger partial charge in [-0.15, -0.1) is 13.2 Å². The molecule has 4 aromatic rings. The Kier molecular flexibility index (Phi) is 13.2. The zero-order valence-electron chi connectivity index (χ0n) is 35.6. The highest BCUT2D eigenvalue weighted by Gasteiger charge is 2.41. The second-order valence-electron chi connectivity index (χ2n) is 16.7. The maximum absolute atomic E-state index is 13.8. The van der Waals surface area contributed by atoms with Gasteiger partial charge < -0.3 is 45.1 Å². The fourth-order valence-corrected chi connectivity index (χ4v) is 8.76. The monoisotopic (exact) mass is 893 g/mol. The van der Waals surface area contributed by atoms with E-state index in [1.165, 1.54) is 19.4 Å². The first-order chi connectivity index (χ1) is 29.9. The number of anilines is 2. The number of benzene rings is 2. The van der Waals surface area contributed by atoms with Crippen molar-refractivity contribution in [2.75, 3.05) is 50.1 Å². The minimum atomic E-state index is -5.06. The lowest BCUT2D eigenvalue weighted by Gasteiger charge is -2.43. The van der Waals surface area contributed by atoms with Gasteiger partial charge in [0.15, 0.2) is 0 Å². The second kappa shape index (κ2) is 18.5. The molecule has 5 heterocycles. The first-order valence-electron chi connectivity index (χ1n) is 20.9. The quantitative estimate of drug-likeness (QED) is 0.121.